The molecule has 16 heavy (non-hydrogen) atoms. The summed E-state index contributed by atoms with van der Waals surface area (Å²) < 4.78 is 5.03. The Morgan fingerprint density at radius 1 is 1.56 bits per heavy atom. The summed E-state index contributed by atoms with van der Waals surface area (Å²) in [5.74, 6) is -0.112. The van der Waals surface area contributed by atoms with Gasteiger partial charge in [0.05, 0.1) is 18.1 Å². The lowest BCUT2D eigenvalue weighted by Crippen LogP contribution is -2.45. The first-order chi connectivity index (χ1) is 7.42. The molecule has 1 heterocycles. The molecule has 0 radical (unpaired) electrons. The largest absolute Gasteiger partial charge is 0.466 e. The minimum absolute atomic E-state index is 0.0175. The first-order valence-corrected chi connectivity index (χ1v) is 6.04. The van der Waals surface area contributed by atoms with Gasteiger partial charge in [-0.25, -0.2) is 0 Å². The molecule has 0 aromatic carbocycles. The van der Waals surface area contributed by atoms with Gasteiger partial charge in [-0.3, -0.25) is 9.69 Å². The highest BCUT2D eigenvalue weighted by molar-refractivity contribution is 5.72. The van der Waals surface area contributed by atoms with Crippen LogP contribution in [0.2, 0.25) is 0 Å². The van der Waals surface area contributed by atoms with Crippen molar-refractivity contribution in [2.75, 3.05) is 26.2 Å². The van der Waals surface area contributed by atoms with E-state index >= 15 is 0 Å². The van der Waals surface area contributed by atoms with E-state index in [-0.39, 0.29) is 11.9 Å². The Hall–Kier alpha value is -0.610. The number of hydrogen-bond acceptors (Lipinski definition) is 4. The molecule has 4 nitrogen and oxygen atoms in total. The third kappa shape index (κ3) is 4.49. The third-order valence-electron chi connectivity index (χ3n) is 2.74. The number of β-amino-alcohol motifs (C(OH)–C–C–N with tert-alkyl or cyclic N) is 1. The van der Waals surface area contributed by atoms with Gasteiger partial charge in [0, 0.05) is 13.1 Å². The van der Waals surface area contributed by atoms with Crippen LogP contribution in [0.4, 0.5) is 0 Å². The number of piperidine rings is 1. The van der Waals surface area contributed by atoms with Crippen molar-refractivity contribution in [1.29, 1.82) is 0 Å². The second-order valence-corrected chi connectivity index (χ2v) is 5.14. The number of hydrogen-bond donors (Lipinski definition) is 1. The van der Waals surface area contributed by atoms with Crippen LogP contribution in [0.25, 0.3) is 0 Å². The van der Waals surface area contributed by atoms with E-state index in [1.165, 1.54) is 0 Å². The van der Waals surface area contributed by atoms with E-state index in [9.17, 15) is 9.90 Å². The molecule has 1 fully saturated rings. The summed E-state index contributed by atoms with van der Waals surface area (Å²) in [6.07, 6.45) is 1.90. The molecule has 1 N–H and O–H groups in total. The molecule has 1 rings (SSSR count). The van der Waals surface area contributed by atoms with Gasteiger partial charge >= 0.3 is 5.97 Å². The molecule has 0 aliphatic carbocycles. The molecular formula is C12H23NO3. The van der Waals surface area contributed by atoms with Crippen molar-refractivity contribution in [3.63, 3.8) is 0 Å². The molecule has 0 bridgehead atoms. The summed E-state index contributed by atoms with van der Waals surface area (Å²) in [4.78, 5) is 13.7. The zero-order valence-electron chi connectivity index (χ0n) is 10.5. The van der Waals surface area contributed by atoms with Crippen LogP contribution in [0.3, 0.4) is 0 Å². The van der Waals surface area contributed by atoms with Crippen LogP contribution in [-0.4, -0.2) is 47.8 Å². The molecule has 0 aromatic rings. The Labute approximate surface area is 97.6 Å². The molecule has 0 aromatic heterocycles. The molecule has 1 saturated heterocycles. The van der Waals surface area contributed by atoms with Gasteiger partial charge in [-0.1, -0.05) is 0 Å². The Morgan fingerprint density at radius 2 is 2.25 bits per heavy atom. The monoisotopic (exact) mass is 229 g/mol. The molecule has 1 aliphatic rings. The summed E-state index contributed by atoms with van der Waals surface area (Å²) in [6, 6.07) is 0. The molecule has 1 unspecified atom stereocenters. The normalized spacial score (nSPS) is 23.1. The number of rotatable bonds is 4. The van der Waals surface area contributed by atoms with Crippen molar-refractivity contribution in [3.05, 3.63) is 0 Å². The number of ether oxygens (including phenoxy) is 1. The van der Waals surface area contributed by atoms with Gasteiger partial charge in [0.2, 0.25) is 0 Å². The van der Waals surface area contributed by atoms with E-state index in [1.54, 1.807) is 13.8 Å². The molecule has 0 spiro atoms. The van der Waals surface area contributed by atoms with Crippen LogP contribution in [0.15, 0.2) is 0 Å². The van der Waals surface area contributed by atoms with Gasteiger partial charge in [-0.2, -0.15) is 0 Å². The van der Waals surface area contributed by atoms with Gasteiger partial charge in [0.1, 0.15) is 0 Å². The molecule has 94 valence electrons. The van der Waals surface area contributed by atoms with Gasteiger partial charge < -0.3 is 9.84 Å². The van der Waals surface area contributed by atoms with E-state index in [2.05, 4.69) is 4.90 Å². The molecule has 0 saturated carbocycles. The fourth-order valence-electron chi connectivity index (χ4n) is 2.20. The quantitative estimate of drug-likeness (QED) is 0.732. The van der Waals surface area contributed by atoms with Crippen molar-refractivity contribution >= 4 is 5.97 Å². The molecule has 0 amide bonds. The van der Waals surface area contributed by atoms with E-state index in [0.29, 0.717) is 19.7 Å². The van der Waals surface area contributed by atoms with Crippen molar-refractivity contribution in [2.24, 2.45) is 5.92 Å². The lowest BCUT2D eigenvalue weighted by atomic mass is 9.97. The van der Waals surface area contributed by atoms with Gasteiger partial charge in [-0.05, 0) is 40.2 Å². The first kappa shape index (κ1) is 13.5. The second kappa shape index (κ2) is 5.64. The summed E-state index contributed by atoms with van der Waals surface area (Å²) in [7, 11) is 0. The molecular weight excluding hydrogens is 206 g/mol. The van der Waals surface area contributed by atoms with Crippen LogP contribution in [0.5, 0.6) is 0 Å². The summed E-state index contributed by atoms with van der Waals surface area (Å²) >= 11 is 0. The Bertz CT molecular complexity index is 235. The highest BCUT2D eigenvalue weighted by Crippen LogP contribution is 2.19. The number of carbonyl (C=O) groups is 1. The Morgan fingerprint density at radius 3 is 2.81 bits per heavy atom. The average molecular weight is 229 g/mol. The maximum absolute atomic E-state index is 11.6. The van der Waals surface area contributed by atoms with Crippen molar-refractivity contribution in [3.8, 4) is 0 Å². The maximum atomic E-state index is 11.6. The van der Waals surface area contributed by atoms with Crippen LogP contribution < -0.4 is 0 Å². The average Bonchev–Trinajstić information content (AvgIpc) is 2.16. The number of aliphatic hydroxyl groups is 1. The SMILES string of the molecule is CCOC(=O)C1CCCN(CC(C)(C)O)C1. The predicted molar refractivity (Wildman–Crippen MR) is 62.1 cm³/mol. The van der Waals surface area contributed by atoms with Gasteiger partial charge in [0.15, 0.2) is 0 Å². The number of likely N-dealkylation sites (tertiary alicyclic amines) is 1. The smallest absolute Gasteiger partial charge is 0.310 e. The summed E-state index contributed by atoms with van der Waals surface area (Å²) in [6.45, 7) is 8.14. The van der Waals surface area contributed by atoms with Crippen LogP contribution in [-0.2, 0) is 9.53 Å². The zero-order chi connectivity index (χ0) is 12.2. The summed E-state index contributed by atoms with van der Waals surface area (Å²) in [5, 5.41) is 9.74. The van der Waals surface area contributed by atoms with Crippen LogP contribution in [0, 0.1) is 5.92 Å². The lowest BCUT2D eigenvalue weighted by molar-refractivity contribution is -0.150. The van der Waals surface area contributed by atoms with Crippen molar-refractivity contribution in [1.82, 2.24) is 4.90 Å². The fraction of sp³-hybridized carbons (Fsp3) is 0.917. The lowest BCUT2D eigenvalue weighted by Gasteiger charge is -2.35. The fourth-order valence-corrected chi connectivity index (χ4v) is 2.20. The summed E-state index contributed by atoms with van der Waals surface area (Å²) in [5.41, 5.74) is -0.698. The van der Waals surface area contributed by atoms with E-state index in [1.807, 2.05) is 6.92 Å². The van der Waals surface area contributed by atoms with Crippen LogP contribution >= 0.6 is 0 Å². The minimum atomic E-state index is -0.698. The number of esters is 1. The molecule has 4 heteroatoms. The Kier molecular flexibility index (Phi) is 4.74. The van der Waals surface area contributed by atoms with E-state index in [4.69, 9.17) is 4.74 Å². The first-order valence-electron chi connectivity index (χ1n) is 6.04. The van der Waals surface area contributed by atoms with E-state index in [0.717, 1.165) is 19.4 Å². The van der Waals surface area contributed by atoms with E-state index < -0.39 is 5.60 Å². The van der Waals surface area contributed by atoms with Gasteiger partial charge in [0.25, 0.3) is 0 Å². The standard InChI is InChI=1S/C12H23NO3/c1-4-16-11(14)10-6-5-7-13(8-10)9-12(2,3)15/h10,15H,4-9H2,1-3H3. The zero-order valence-corrected chi connectivity index (χ0v) is 10.5. The highest BCUT2D eigenvalue weighted by atomic mass is 16.5. The maximum Gasteiger partial charge on any atom is 0.310 e. The van der Waals surface area contributed by atoms with Crippen LogP contribution in [0.1, 0.15) is 33.6 Å². The number of carbonyl (C=O) groups excluding carboxylic acids is 1. The minimum Gasteiger partial charge on any atom is -0.466 e. The van der Waals surface area contributed by atoms with Crippen molar-refractivity contribution < 1.29 is 14.6 Å². The third-order valence-corrected chi connectivity index (χ3v) is 2.74. The second-order valence-electron chi connectivity index (χ2n) is 5.14. The highest BCUT2D eigenvalue weighted by Gasteiger charge is 2.29. The Balaban J connectivity index is 2.44. The van der Waals surface area contributed by atoms with Gasteiger partial charge in [-0.15, -0.1) is 0 Å². The number of nitrogens with zero attached hydrogens (tertiary/aromatic N) is 1. The topological polar surface area (TPSA) is 49.8 Å². The predicted octanol–water partition coefficient (Wildman–Crippen LogP) is 1.03. The van der Waals surface area contributed by atoms with Crippen molar-refractivity contribution in [2.45, 2.75) is 39.2 Å². The molecule has 1 aliphatic heterocycles. The molecule has 1 atom stereocenters.